The van der Waals surface area contributed by atoms with Crippen molar-refractivity contribution >= 4 is 6.29 Å². The minimum absolute atomic E-state index is 0.632. The van der Waals surface area contributed by atoms with Gasteiger partial charge in [-0.1, -0.05) is 65.2 Å². The fourth-order valence-corrected chi connectivity index (χ4v) is 2.03. The first kappa shape index (κ1) is 14.7. The van der Waals surface area contributed by atoms with E-state index in [-0.39, 0.29) is 0 Å². The molecule has 0 heterocycles. The van der Waals surface area contributed by atoms with Crippen LogP contribution in [-0.2, 0) is 4.79 Å². The Morgan fingerprint density at radius 3 is 2.20 bits per heavy atom. The molecule has 0 aliphatic heterocycles. The lowest BCUT2D eigenvalue weighted by Crippen LogP contribution is -1.98. The van der Waals surface area contributed by atoms with E-state index in [1.54, 1.807) is 0 Å². The normalized spacial score (nSPS) is 12.7. The van der Waals surface area contributed by atoms with E-state index in [0.29, 0.717) is 6.42 Å². The molecule has 1 nitrogen and oxygen atoms in total. The molecule has 0 N–H and O–H groups in total. The number of hydrogen-bond acceptors (Lipinski definition) is 1. The molecule has 1 heteroatoms. The van der Waals surface area contributed by atoms with Crippen LogP contribution in [0.15, 0.2) is 0 Å². The van der Waals surface area contributed by atoms with Gasteiger partial charge < -0.3 is 0 Å². The highest BCUT2D eigenvalue weighted by atomic mass is 16.1. The Labute approximate surface area is 95.6 Å². The maximum absolute atomic E-state index is 9.99. The van der Waals surface area contributed by atoms with Gasteiger partial charge in [0.05, 0.1) is 0 Å². The van der Waals surface area contributed by atoms with Crippen molar-refractivity contribution in [2.75, 3.05) is 0 Å². The second-order valence-corrected chi connectivity index (χ2v) is 4.51. The zero-order chi connectivity index (χ0) is 11.4. The zero-order valence-electron chi connectivity index (χ0n) is 10.6. The van der Waals surface area contributed by atoms with Crippen LogP contribution in [0.25, 0.3) is 0 Å². The monoisotopic (exact) mass is 211 g/mol. The van der Waals surface area contributed by atoms with E-state index in [2.05, 4.69) is 13.8 Å². The fraction of sp³-hybridized carbons (Fsp3) is 0.929. The first-order valence-corrected chi connectivity index (χ1v) is 6.70. The molecular weight excluding hydrogens is 184 g/mol. The SMILES string of the molecule is CCCCC(CC)CCCCCC[C]=O. The van der Waals surface area contributed by atoms with Crippen molar-refractivity contribution in [3.05, 3.63) is 0 Å². The standard InChI is InChI=1S/C14H27O/c1-3-5-11-14(4-2)12-9-7-6-8-10-13-15/h14H,3-12H2,1-2H3. The van der Waals surface area contributed by atoms with E-state index in [9.17, 15) is 4.79 Å². The van der Waals surface area contributed by atoms with Crippen LogP contribution >= 0.6 is 0 Å². The van der Waals surface area contributed by atoms with Gasteiger partial charge in [-0.15, -0.1) is 0 Å². The van der Waals surface area contributed by atoms with Gasteiger partial charge in [-0.3, -0.25) is 4.79 Å². The van der Waals surface area contributed by atoms with Crippen LogP contribution in [0.2, 0.25) is 0 Å². The second-order valence-electron chi connectivity index (χ2n) is 4.51. The van der Waals surface area contributed by atoms with Crippen LogP contribution in [0.3, 0.4) is 0 Å². The summed E-state index contributed by atoms with van der Waals surface area (Å²) >= 11 is 0. The van der Waals surface area contributed by atoms with Crippen LogP contribution in [0.1, 0.15) is 78.1 Å². The van der Waals surface area contributed by atoms with Crippen molar-refractivity contribution in [3.63, 3.8) is 0 Å². The summed E-state index contributed by atoms with van der Waals surface area (Å²) in [5.41, 5.74) is 0. The van der Waals surface area contributed by atoms with E-state index in [1.807, 2.05) is 6.29 Å². The summed E-state index contributed by atoms with van der Waals surface area (Å²) in [6.07, 6.45) is 14.3. The fourth-order valence-electron chi connectivity index (χ4n) is 2.03. The molecule has 0 aliphatic rings. The molecule has 89 valence electrons. The summed E-state index contributed by atoms with van der Waals surface area (Å²) in [4.78, 5) is 9.99. The van der Waals surface area contributed by atoms with Crippen molar-refractivity contribution in [3.8, 4) is 0 Å². The number of carbonyl (C=O) groups excluding carboxylic acids is 1. The highest BCUT2D eigenvalue weighted by molar-refractivity contribution is 5.50. The third kappa shape index (κ3) is 9.96. The summed E-state index contributed by atoms with van der Waals surface area (Å²) in [6, 6.07) is 0. The molecule has 0 aromatic rings. The molecule has 1 radical (unpaired) electrons. The molecule has 0 saturated carbocycles. The molecule has 0 rings (SSSR count). The number of rotatable bonds is 11. The van der Waals surface area contributed by atoms with Crippen molar-refractivity contribution in [1.82, 2.24) is 0 Å². The lowest BCUT2D eigenvalue weighted by molar-refractivity contribution is 0.401. The Kier molecular flexibility index (Phi) is 11.5. The molecule has 0 saturated heterocycles. The van der Waals surface area contributed by atoms with Crippen LogP contribution < -0.4 is 0 Å². The second kappa shape index (κ2) is 11.7. The summed E-state index contributed by atoms with van der Waals surface area (Å²) in [5, 5.41) is 0. The van der Waals surface area contributed by atoms with Crippen LogP contribution in [0.5, 0.6) is 0 Å². The molecule has 0 amide bonds. The van der Waals surface area contributed by atoms with Gasteiger partial charge in [0.25, 0.3) is 0 Å². The van der Waals surface area contributed by atoms with Gasteiger partial charge in [-0.2, -0.15) is 0 Å². The topological polar surface area (TPSA) is 17.1 Å². The molecule has 0 aromatic carbocycles. The maximum Gasteiger partial charge on any atom is 0.198 e. The Hall–Kier alpha value is -0.330. The predicted octanol–water partition coefficient (Wildman–Crippen LogP) is 4.65. The predicted molar refractivity (Wildman–Crippen MR) is 66.7 cm³/mol. The summed E-state index contributed by atoms with van der Waals surface area (Å²) in [7, 11) is 0. The van der Waals surface area contributed by atoms with Gasteiger partial charge in [0.1, 0.15) is 0 Å². The Bertz CT molecular complexity index is 131. The van der Waals surface area contributed by atoms with Gasteiger partial charge in [0, 0.05) is 6.42 Å². The van der Waals surface area contributed by atoms with Crippen LogP contribution in [0.4, 0.5) is 0 Å². The number of unbranched alkanes of at least 4 members (excludes halogenated alkanes) is 5. The Morgan fingerprint density at radius 1 is 0.933 bits per heavy atom. The first-order valence-electron chi connectivity index (χ1n) is 6.70. The van der Waals surface area contributed by atoms with Gasteiger partial charge in [0.2, 0.25) is 0 Å². The zero-order valence-corrected chi connectivity index (χ0v) is 10.6. The van der Waals surface area contributed by atoms with Crippen molar-refractivity contribution < 1.29 is 4.79 Å². The summed E-state index contributed by atoms with van der Waals surface area (Å²) in [5.74, 6) is 0.947. The molecular formula is C14H27O. The number of hydrogen-bond donors (Lipinski definition) is 0. The quantitative estimate of drug-likeness (QED) is 0.454. The molecule has 0 bridgehead atoms. The summed E-state index contributed by atoms with van der Waals surface area (Å²) in [6.45, 7) is 4.57. The van der Waals surface area contributed by atoms with Gasteiger partial charge >= 0.3 is 0 Å². The third-order valence-corrected chi connectivity index (χ3v) is 3.18. The van der Waals surface area contributed by atoms with Gasteiger partial charge in [-0.25, -0.2) is 0 Å². The Balaban J connectivity index is 3.25. The lowest BCUT2D eigenvalue weighted by atomic mass is 9.93. The minimum atomic E-state index is 0.632. The van der Waals surface area contributed by atoms with E-state index < -0.39 is 0 Å². The molecule has 15 heavy (non-hydrogen) atoms. The Morgan fingerprint density at radius 2 is 1.60 bits per heavy atom. The van der Waals surface area contributed by atoms with Crippen molar-refractivity contribution in [2.24, 2.45) is 5.92 Å². The molecule has 0 aromatic heterocycles. The van der Waals surface area contributed by atoms with Gasteiger partial charge in [-0.05, 0) is 12.3 Å². The largest absolute Gasteiger partial charge is 0.291 e. The highest BCUT2D eigenvalue weighted by Crippen LogP contribution is 2.20. The lowest BCUT2D eigenvalue weighted by Gasteiger charge is -2.13. The minimum Gasteiger partial charge on any atom is -0.291 e. The first-order chi connectivity index (χ1) is 7.35. The third-order valence-electron chi connectivity index (χ3n) is 3.18. The van der Waals surface area contributed by atoms with Crippen molar-refractivity contribution in [2.45, 2.75) is 78.1 Å². The van der Waals surface area contributed by atoms with Crippen LogP contribution in [-0.4, -0.2) is 6.29 Å². The van der Waals surface area contributed by atoms with Crippen LogP contribution in [0, 0.1) is 5.92 Å². The molecule has 0 aliphatic carbocycles. The molecule has 1 atom stereocenters. The molecule has 1 unspecified atom stereocenters. The van der Waals surface area contributed by atoms with E-state index in [0.717, 1.165) is 12.3 Å². The highest BCUT2D eigenvalue weighted by Gasteiger charge is 2.04. The molecule has 0 fully saturated rings. The van der Waals surface area contributed by atoms with Crippen molar-refractivity contribution in [1.29, 1.82) is 0 Å². The summed E-state index contributed by atoms with van der Waals surface area (Å²) < 4.78 is 0. The van der Waals surface area contributed by atoms with Gasteiger partial charge in [0.15, 0.2) is 6.29 Å². The maximum atomic E-state index is 9.99. The van der Waals surface area contributed by atoms with E-state index in [1.165, 1.54) is 51.4 Å². The van der Waals surface area contributed by atoms with E-state index in [4.69, 9.17) is 0 Å². The average molecular weight is 211 g/mol. The molecule has 0 spiro atoms. The van der Waals surface area contributed by atoms with E-state index >= 15 is 0 Å². The average Bonchev–Trinajstić information content (AvgIpc) is 2.27. The smallest absolute Gasteiger partial charge is 0.198 e.